The fourth-order valence-electron chi connectivity index (χ4n) is 3.91. The minimum atomic E-state index is -1.02. The van der Waals surface area contributed by atoms with Crippen LogP contribution in [-0.2, 0) is 11.3 Å². The smallest absolute Gasteiger partial charge is 0.251 e. The molecule has 176 valence electrons. The standard InChI is InChI=1S/C25H25ClFN5O2/c26-19-13-17(8-9-22(19)32-11-10-21(29)25(32)34)31-24(33)23(18-6-1-2-7-20(18)27)30-16-5-3-4-15(12-16)14-28/h1-9,12-13,23,25,29-30,34H,10-11,14,28H2,(H,31,33). The van der Waals surface area contributed by atoms with Crippen molar-refractivity contribution in [3.63, 3.8) is 0 Å². The van der Waals surface area contributed by atoms with Gasteiger partial charge in [-0.15, -0.1) is 0 Å². The molecule has 1 aliphatic rings. The molecule has 1 saturated heterocycles. The highest BCUT2D eigenvalue weighted by Gasteiger charge is 2.29. The van der Waals surface area contributed by atoms with Crippen molar-refractivity contribution >= 4 is 40.3 Å². The molecule has 3 aromatic rings. The van der Waals surface area contributed by atoms with Gasteiger partial charge in [0.2, 0.25) is 0 Å². The van der Waals surface area contributed by atoms with Gasteiger partial charge in [0.1, 0.15) is 11.9 Å². The maximum Gasteiger partial charge on any atom is 0.251 e. The first-order valence-electron chi connectivity index (χ1n) is 10.8. The minimum Gasteiger partial charge on any atom is -0.370 e. The lowest BCUT2D eigenvalue weighted by Crippen LogP contribution is -2.32. The van der Waals surface area contributed by atoms with Crippen LogP contribution < -0.4 is 21.3 Å². The normalized spacial score (nSPS) is 16.4. The van der Waals surface area contributed by atoms with Gasteiger partial charge in [0.25, 0.3) is 5.91 Å². The van der Waals surface area contributed by atoms with Gasteiger partial charge in [0.05, 0.1) is 16.4 Å². The van der Waals surface area contributed by atoms with Crippen LogP contribution in [0.5, 0.6) is 0 Å². The quantitative estimate of drug-likeness (QED) is 0.345. The molecule has 2 unspecified atom stereocenters. The van der Waals surface area contributed by atoms with Crippen LogP contribution in [0.25, 0.3) is 0 Å². The third-order valence-electron chi connectivity index (χ3n) is 5.71. The van der Waals surface area contributed by atoms with E-state index in [-0.39, 0.29) is 11.3 Å². The molecule has 0 saturated carbocycles. The molecule has 9 heteroatoms. The Hall–Kier alpha value is -3.46. The summed E-state index contributed by atoms with van der Waals surface area (Å²) in [5.41, 5.74) is 8.63. The Labute approximate surface area is 201 Å². The summed E-state index contributed by atoms with van der Waals surface area (Å²) in [6.07, 6.45) is -0.561. The molecule has 1 heterocycles. The van der Waals surface area contributed by atoms with Crippen LogP contribution in [0.2, 0.25) is 5.02 Å². The van der Waals surface area contributed by atoms with Crippen LogP contribution in [0, 0.1) is 11.2 Å². The first-order valence-corrected chi connectivity index (χ1v) is 11.2. The average Bonchev–Trinajstić information content (AvgIpc) is 3.16. The van der Waals surface area contributed by atoms with E-state index in [1.54, 1.807) is 47.4 Å². The maximum atomic E-state index is 14.6. The summed E-state index contributed by atoms with van der Waals surface area (Å²) in [4.78, 5) is 14.9. The minimum absolute atomic E-state index is 0.194. The number of anilines is 3. The number of aliphatic hydroxyl groups excluding tert-OH is 1. The lowest BCUT2D eigenvalue weighted by Gasteiger charge is -2.24. The molecule has 7 nitrogen and oxygen atoms in total. The number of carbonyl (C=O) groups excluding carboxylic acids is 1. The highest BCUT2D eigenvalue weighted by atomic mass is 35.5. The fourth-order valence-corrected chi connectivity index (χ4v) is 4.20. The van der Waals surface area contributed by atoms with Crippen LogP contribution in [0.3, 0.4) is 0 Å². The van der Waals surface area contributed by atoms with E-state index in [9.17, 15) is 14.3 Å². The topological polar surface area (TPSA) is 114 Å². The summed E-state index contributed by atoms with van der Waals surface area (Å²) in [5.74, 6) is -0.987. The Kier molecular flexibility index (Phi) is 7.12. The van der Waals surface area contributed by atoms with Gasteiger partial charge in [0, 0.05) is 36.4 Å². The predicted molar refractivity (Wildman–Crippen MR) is 133 cm³/mol. The molecular formula is C25H25ClFN5O2. The van der Waals surface area contributed by atoms with Gasteiger partial charge in [-0.05, 0) is 42.0 Å². The number of hydrogen-bond acceptors (Lipinski definition) is 6. The van der Waals surface area contributed by atoms with Crippen molar-refractivity contribution in [1.82, 2.24) is 0 Å². The van der Waals surface area contributed by atoms with Crippen molar-refractivity contribution in [2.45, 2.75) is 25.2 Å². The molecule has 0 aliphatic carbocycles. The monoisotopic (exact) mass is 481 g/mol. The number of aliphatic hydroxyl groups is 1. The lowest BCUT2D eigenvalue weighted by atomic mass is 10.0. The highest BCUT2D eigenvalue weighted by Crippen LogP contribution is 2.33. The van der Waals surface area contributed by atoms with Gasteiger partial charge < -0.3 is 31.8 Å². The molecule has 6 N–H and O–H groups in total. The molecule has 2 atom stereocenters. The zero-order valence-electron chi connectivity index (χ0n) is 18.3. The second-order valence-corrected chi connectivity index (χ2v) is 8.41. The van der Waals surface area contributed by atoms with E-state index in [1.807, 2.05) is 18.2 Å². The number of rotatable bonds is 7. The molecule has 1 fully saturated rings. The van der Waals surface area contributed by atoms with Gasteiger partial charge in [-0.2, -0.15) is 0 Å². The molecular weight excluding hydrogens is 457 g/mol. The summed E-state index contributed by atoms with van der Waals surface area (Å²) in [6.45, 7) is 0.814. The molecule has 1 amide bonds. The lowest BCUT2D eigenvalue weighted by molar-refractivity contribution is -0.117. The van der Waals surface area contributed by atoms with E-state index < -0.39 is 24.0 Å². The predicted octanol–water partition coefficient (Wildman–Crippen LogP) is 4.28. The molecule has 1 aliphatic heterocycles. The summed E-state index contributed by atoms with van der Waals surface area (Å²) in [6, 6.07) is 17.2. The van der Waals surface area contributed by atoms with Crippen molar-refractivity contribution in [3.8, 4) is 0 Å². The Morgan fingerprint density at radius 1 is 1.18 bits per heavy atom. The third-order valence-corrected chi connectivity index (χ3v) is 6.01. The van der Waals surface area contributed by atoms with E-state index in [4.69, 9.17) is 22.7 Å². The van der Waals surface area contributed by atoms with Crippen LogP contribution in [-0.4, -0.2) is 29.5 Å². The maximum absolute atomic E-state index is 14.6. The number of amides is 1. The number of halogens is 2. The summed E-state index contributed by atoms with van der Waals surface area (Å²) in [5, 5.41) is 24.2. The Morgan fingerprint density at radius 3 is 2.65 bits per heavy atom. The van der Waals surface area contributed by atoms with Crippen LogP contribution in [0.4, 0.5) is 21.5 Å². The number of nitrogens with two attached hydrogens (primary N) is 1. The van der Waals surface area contributed by atoms with Crippen molar-refractivity contribution in [3.05, 3.63) is 88.7 Å². The number of benzene rings is 3. The Bertz CT molecular complexity index is 1220. The average molecular weight is 482 g/mol. The second-order valence-electron chi connectivity index (χ2n) is 8.00. The Balaban J connectivity index is 1.58. The Morgan fingerprint density at radius 2 is 1.97 bits per heavy atom. The number of hydrogen-bond donors (Lipinski definition) is 5. The van der Waals surface area contributed by atoms with Crippen LogP contribution in [0.1, 0.15) is 23.6 Å². The zero-order chi connectivity index (χ0) is 24.2. The molecule has 4 rings (SSSR count). The van der Waals surface area contributed by atoms with E-state index >= 15 is 0 Å². The number of nitrogens with zero attached hydrogens (tertiary/aromatic N) is 1. The molecule has 0 spiro atoms. The molecule has 3 aromatic carbocycles. The van der Waals surface area contributed by atoms with Crippen LogP contribution >= 0.6 is 11.6 Å². The SMILES string of the molecule is N=C1CCN(c2ccc(NC(=O)C(Nc3cccc(CN)c3)c3ccccc3F)cc2Cl)C1O. The zero-order valence-corrected chi connectivity index (χ0v) is 19.0. The largest absolute Gasteiger partial charge is 0.370 e. The molecule has 0 bridgehead atoms. The first-order chi connectivity index (χ1) is 16.4. The van der Waals surface area contributed by atoms with E-state index in [0.29, 0.717) is 41.6 Å². The highest BCUT2D eigenvalue weighted by molar-refractivity contribution is 6.33. The van der Waals surface area contributed by atoms with Gasteiger partial charge in [-0.25, -0.2) is 4.39 Å². The summed E-state index contributed by atoms with van der Waals surface area (Å²) in [7, 11) is 0. The van der Waals surface area contributed by atoms with Crippen molar-refractivity contribution in [1.29, 1.82) is 5.41 Å². The first kappa shape index (κ1) is 23.7. The van der Waals surface area contributed by atoms with E-state index in [2.05, 4.69) is 10.6 Å². The van der Waals surface area contributed by atoms with Crippen molar-refractivity contribution in [2.75, 3.05) is 22.1 Å². The van der Waals surface area contributed by atoms with Gasteiger partial charge in [-0.1, -0.05) is 41.9 Å². The molecule has 0 aromatic heterocycles. The van der Waals surface area contributed by atoms with Gasteiger partial charge >= 0.3 is 0 Å². The molecule has 34 heavy (non-hydrogen) atoms. The van der Waals surface area contributed by atoms with Gasteiger partial charge in [-0.3, -0.25) is 4.79 Å². The number of nitrogens with one attached hydrogen (secondary N) is 3. The van der Waals surface area contributed by atoms with E-state index in [1.165, 1.54) is 6.07 Å². The third kappa shape index (κ3) is 5.04. The van der Waals surface area contributed by atoms with Crippen LogP contribution in [0.15, 0.2) is 66.7 Å². The van der Waals surface area contributed by atoms with Crippen molar-refractivity contribution in [2.24, 2.45) is 5.73 Å². The summed E-state index contributed by atoms with van der Waals surface area (Å²) < 4.78 is 14.6. The fraction of sp³-hybridized carbons (Fsp3) is 0.200. The van der Waals surface area contributed by atoms with Crippen molar-refractivity contribution < 1.29 is 14.3 Å². The summed E-state index contributed by atoms with van der Waals surface area (Å²) >= 11 is 6.43. The molecule has 0 radical (unpaired) electrons. The van der Waals surface area contributed by atoms with E-state index in [0.717, 1.165) is 5.56 Å². The van der Waals surface area contributed by atoms with Gasteiger partial charge in [0.15, 0.2) is 6.23 Å². The number of carbonyl (C=O) groups is 1. The second kappa shape index (κ2) is 10.2.